The highest BCUT2D eigenvalue weighted by molar-refractivity contribution is 5.95. The molecular weight excluding hydrogens is 464 g/mol. The molecule has 3 unspecified atom stereocenters. The van der Waals surface area contributed by atoms with Crippen LogP contribution in [0.15, 0.2) is 42.7 Å². The van der Waals surface area contributed by atoms with Crippen LogP contribution >= 0.6 is 0 Å². The Morgan fingerprint density at radius 2 is 2.03 bits per heavy atom. The van der Waals surface area contributed by atoms with Gasteiger partial charge in [0.25, 0.3) is 0 Å². The van der Waals surface area contributed by atoms with Crippen LogP contribution in [0.4, 0.5) is 23.1 Å². The molecular formula is C28H32N8O. The number of piperazine rings is 1. The summed E-state index contributed by atoms with van der Waals surface area (Å²) < 4.78 is 0. The quantitative estimate of drug-likeness (QED) is 0.568. The minimum Gasteiger partial charge on any atom is -0.365 e. The van der Waals surface area contributed by atoms with Gasteiger partial charge in [-0.2, -0.15) is 0 Å². The summed E-state index contributed by atoms with van der Waals surface area (Å²) in [5.41, 5.74) is 6.29. The van der Waals surface area contributed by atoms with Crippen molar-refractivity contribution < 1.29 is 4.79 Å². The average molecular weight is 497 g/mol. The minimum absolute atomic E-state index is 0.0516. The molecule has 0 spiro atoms. The lowest BCUT2D eigenvalue weighted by Gasteiger charge is -2.34. The van der Waals surface area contributed by atoms with E-state index in [1.807, 2.05) is 6.07 Å². The Kier molecular flexibility index (Phi) is 5.37. The summed E-state index contributed by atoms with van der Waals surface area (Å²) in [6.45, 7) is 6.09. The molecule has 3 fully saturated rings. The molecule has 3 aromatic rings. The number of likely N-dealkylation sites (N-methyl/N-ethyl adjacent to an activating group) is 1. The highest BCUT2D eigenvalue weighted by Gasteiger charge is 2.41. The van der Waals surface area contributed by atoms with E-state index in [-0.39, 0.29) is 11.9 Å². The van der Waals surface area contributed by atoms with Crippen molar-refractivity contribution in [1.29, 1.82) is 0 Å². The van der Waals surface area contributed by atoms with Crippen molar-refractivity contribution in [1.82, 2.24) is 24.8 Å². The number of aryl methyl sites for hydroxylation is 1. The fraction of sp³-hybridized carbons (Fsp3) is 0.429. The van der Waals surface area contributed by atoms with Gasteiger partial charge in [-0.3, -0.25) is 14.6 Å². The van der Waals surface area contributed by atoms with Crippen LogP contribution in [0, 0.1) is 6.92 Å². The summed E-state index contributed by atoms with van der Waals surface area (Å²) in [7, 11) is 2.23. The van der Waals surface area contributed by atoms with Gasteiger partial charge < -0.3 is 15.5 Å². The first kappa shape index (κ1) is 22.6. The molecule has 190 valence electrons. The Morgan fingerprint density at radius 3 is 2.84 bits per heavy atom. The van der Waals surface area contributed by atoms with Gasteiger partial charge in [-0.15, -0.1) is 0 Å². The third-order valence-electron chi connectivity index (χ3n) is 8.48. The van der Waals surface area contributed by atoms with E-state index in [1.54, 1.807) is 12.4 Å². The topological polar surface area (TPSA) is 89.5 Å². The van der Waals surface area contributed by atoms with Gasteiger partial charge in [-0.1, -0.05) is 0 Å². The van der Waals surface area contributed by atoms with Crippen LogP contribution in [-0.2, 0) is 11.3 Å². The molecule has 9 nitrogen and oxygen atoms in total. The first-order chi connectivity index (χ1) is 18.0. The molecule has 2 bridgehead atoms. The van der Waals surface area contributed by atoms with Gasteiger partial charge in [0.15, 0.2) is 0 Å². The van der Waals surface area contributed by atoms with Gasteiger partial charge in [-0.05, 0) is 75.7 Å². The second-order valence-corrected chi connectivity index (χ2v) is 10.9. The monoisotopic (exact) mass is 496 g/mol. The molecule has 9 heteroatoms. The highest BCUT2D eigenvalue weighted by atomic mass is 16.2. The van der Waals surface area contributed by atoms with Crippen LogP contribution in [0.25, 0.3) is 11.3 Å². The first-order valence-corrected chi connectivity index (χ1v) is 13.2. The summed E-state index contributed by atoms with van der Waals surface area (Å²) in [5, 5.41) is 6.40. The number of carbonyl (C=O) groups excluding carboxylic acids is 1. The van der Waals surface area contributed by atoms with Crippen molar-refractivity contribution in [2.45, 2.75) is 50.9 Å². The third kappa shape index (κ3) is 4.02. The number of pyridine rings is 1. The molecule has 0 radical (unpaired) electrons. The number of carbonyl (C=O) groups is 1. The van der Waals surface area contributed by atoms with Gasteiger partial charge in [0.2, 0.25) is 11.9 Å². The second-order valence-electron chi connectivity index (χ2n) is 10.9. The summed E-state index contributed by atoms with van der Waals surface area (Å²) >= 11 is 0. The van der Waals surface area contributed by atoms with Gasteiger partial charge in [0.1, 0.15) is 5.82 Å². The molecule has 0 aliphatic carbocycles. The predicted molar refractivity (Wildman–Crippen MR) is 144 cm³/mol. The summed E-state index contributed by atoms with van der Waals surface area (Å²) in [4.78, 5) is 33.7. The van der Waals surface area contributed by atoms with E-state index < -0.39 is 0 Å². The fourth-order valence-corrected chi connectivity index (χ4v) is 6.54. The SMILES string of the molecule is Cc1cc(Nc2nccc(-c3cnc4c(c3)CN3CCCC3C(=O)N4)n2)ccc1N1CC2CC1CN2C. The number of amides is 1. The number of rotatable bonds is 4. The third-order valence-corrected chi connectivity index (χ3v) is 8.48. The van der Waals surface area contributed by atoms with Crippen LogP contribution in [0.3, 0.4) is 0 Å². The van der Waals surface area contributed by atoms with E-state index in [1.165, 1.54) is 17.7 Å². The van der Waals surface area contributed by atoms with Crippen LogP contribution in [0.2, 0.25) is 0 Å². The molecule has 0 saturated carbocycles. The van der Waals surface area contributed by atoms with Crippen molar-refractivity contribution >= 4 is 29.0 Å². The van der Waals surface area contributed by atoms with Crippen molar-refractivity contribution in [3.63, 3.8) is 0 Å². The van der Waals surface area contributed by atoms with Gasteiger partial charge in [0.05, 0.1) is 11.7 Å². The van der Waals surface area contributed by atoms with Crippen molar-refractivity contribution in [2.24, 2.45) is 0 Å². The first-order valence-electron chi connectivity index (χ1n) is 13.2. The van der Waals surface area contributed by atoms with E-state index in [4.69, 9.17) is 4.98 Å². The van der Waals surface area contributed by atoms with E-state index in [2.05, 4.69) is 73.5 Å². The lowest BCUT2D eigenvalue weighted by molar-refractivity contribution is -0.120. The molecule has 2 aromatic heterocycles. The van der Waals surface area contributed by atoms with Crippen molar-refractivity contribution in [2.75, 3.05) is 42.2 Å². The van der Waals surface area contributed by atoms with E-state index in [9.17, 15) is 4.79 Å². The molecule has 7 rings (SSSR count). The standard InChI is InChI=1S/C28H32N8O/c1-17-10-20(5-6-24(17)36-16-21-12-22(36)15-34(21)2)31-28-29-8-7-23(32-28)18-11-19-14-35-9-3-4-25(35)27(37)33-26(19)30-13-18/h5-8,10-11,13,21-22,25H,3-4,9,12,14-16H2,1-2H3,(H,29,31,32)(H,30,33,37). The van der Waals surface area contributed by atoms with Crippen molar-refractivity contribution in [3.8, 4) is 11.3 Å². The van der Waals surface area contributed by atoms with E-state index >= 15 is 0 Å². The van der Waals surface area contributed by atoms with Gasteiger partial charge in [-0.25, -0.2) is 15.0 Å². The Bertz CT molecular complexity index is 1370. The molecule has 1 amide bonds. The zero-order chi connectivity index (χ0) is 25.1. The molecule has 37 heavy (non-hydrogen) atoms. The molecule has 1 aromatic carbocycles. The number of anilines is 4. The lowest BCUT2D eigenvalue weighted by atomic mass is 10.1. The number of hydrogen-bond acceptors (Lipinski definition) is 8. The number of aromatic nitrogens is 3. The summed E-state index contributed by atoms with van der Waals surface area (Å²) in [6.07, 6.45) is 6.77. The summed E-state index contributed by atoms with van der Waals surface area (Å²) in [6, 6.07) is 11.8. The van der Waals surface area contributed by atoms with Crippen LogP contribution < -0.4 is 15.5 Å². The van der Waals surface area contributed by atoms with Crippen LogP contribution in [0.1, 0.15) is 30.4 Å². The van der Waals surface area contributed by atoms with Gasteiger partial charge in [0, 0.05) is 66.6 Å². The van der Waals surface area contributed by atoms with Crippen molar-refractivity contribution in [3.05, 3.63) is 53.9 Å². The van der Waals surface area contributed by atoms with E-state index in [0.29, 0.717) is 23.8 Å². The molecule has 3 saturated heterocycles. The maximum atomic E-state index is 12.6. The van der Waals surface area contributed by atoms with Crippen LogP contribution in [-0.4, -0.2) is 75.5 Å². The lowest BCUT2D eigenvalue weighted by Crippen LogP contribution is -2.44. The van der Waals surface area contributed by atoms with E-state index in [0.717, 1.165) is 61.5 Å². The number of nitrogens with zero attached hydrogens (tertiary/aromatic N) is 6. The summed E-state index contributed by atoms with van der Waals surface area (Å²) in [5.74, 6) is 1.26. The fourth-order valence-electron chi connectivity index (χ4n) is 6.54. The maximum absolute atomic E-state index is 12.6. The molecule has 2 N–H and O–H groups in total. The largest absolute Gasteiger partial charge is 0.365 e. The number of benzene rings is 1. The number of likely N-dealkylation sites (tertiary alicyclic amines) is 1. The predicted octanol–water partition coefficient (Wildman–Crippen LogP) is 3.40. The Labute approximate surface area is 216 Å². The molecule has 4 aliphatic heterocycles. The zero-order valence-corrected chi connectivity index (χ0v) is 21.3. The number of nitrogens with one attached hydrogen (secondary N) is 2. The number of hydrogen-bond donors (Lipinski definition) is 2. The Hall–Kier alpha value is -3.56. The highest BCUT2D eigenvalue weighted by Crippen LogP contribution is 2.36. The zero-order valence-electron chi connectivity index (χ0n) is 21.3. The Morgan fingerprint density at radius 1 is 1.11 bits per heavy atom. The second kappa shape index (κ2) is 8.78. The molecule has 4 aliphatic rings. The molecule has 3 atom stereocenters. The van der Waals surface area contributed by atoms with Gasteiger partial charge >= 0.3 is 0 Å². The minimum atomic E-state index is -0.0516. The maximum Gasteiger partial charge on any atom is 0.242 e. The number of fused-ring (bicyclic) bond motifs is 4. The smallest absolute Gasteiger partial charge is 0.242 e. The molecule has 6 heterocycles. The Balaban J connectivity index is 1.10. The van der Waals surface area contributed by atoms with Crippen LogP contribution in [0.5, 0.6) is 0 Å². The normalized spacial score (nSPS) is 25.1. The average Bonchev–Trinajstić information content (AvgIpc) is 3.59.